The summed E-state index contributed by atoms with van der Waals surface area (Å²) < 4.78 is 49.6. The number of nitrogens with zero attached hydrogens (tertiary/aromatic N) is 2. The van der Waals surface area contributed by atoms with Crippen LogP contribution in [0.3, 0.4) is 0 Å². The summed E-state index contributed by atoms with van der Waals surface area (Å²) >= 11 is 0. The highest BCUT2D eigenvalue weighted by molar-refractivity contribution is 5.95. The summed E-state index contributed by atoms with van der Waals surface area (Å²) in [4.78, 5) is 24.7. The normalized spacial score (nSPS) is 10.9. The molecule has 0 N–H and O–H groups in total. The van der Waals surface area contributed by atoms with Gasteiger partial charge in [0.2, 0.25) is 0 Å². The van der Waals surface area contributed by atoms with Crippen molar-refractivity contribution in [3.8, 4) is 11.6 Å². The molecule has 0 amide bonds. The highest BCUT2D eigenvalue weighted by Crippen LogP contribution is 2.41. The Labute approximate surface area is 115 Å². The van der Waals surface area contributed by atoms with Crippen molar-refractivity contribution >= 4 is 11.7 Å². The quantitative estimate of drug-likeness (QED) is 0.466. The molecule has 116 valence electrons. The predicted octanol–water partition coefficient (Wildman–Crippen LogP) is 2.07. The molecular formula is C10H9F3N2O6. The molecule has 0 aliphatic heterocycles. The Kier molecular flexibility index (Phi) is 4.89. The van der Waals surface area contributed by atoms with Crippen LogP contribution in [0.15, 0.2) is 6.20 Å². The number of esters is 1. The van der Waals surface area contributed by atoms with E-state index < -0.39 is 40.1 Å². The lowest BCUT2D eigenvalue weighted by atomic mass is 10.2. The van der Waals surface area contributed by atoms with E-state index in [1.165, 1.54) is 6.92 Å². The number of carbonyl (C=O) groups is 1. The zero-order valence-electron chi connectivity index (χ0n) is 10.8. The van der Waals surface area contributed by atoms with E-state index in [2.05, 4.69) is 19.2 Å². The van der Waals surface area contributed by atoms with Crippen molar-refractivity contribution in [2.75, 3.05) is 13.7 Å². The molecule has 0 aliphatic rings. The van der Waals surface area contributed by atoms with Crippen LogP contribution < -0.4 is 9.47 Å². The van der Waals surface area contributed by atoms with Crippen LogP contribution in [0.1, 0.15) is 17.3 Å². The SMILES string of the molecule is CCOC(=O)c1cnc(OC)c(OC(F)(F)F)c1[N+](=O)[O-]. The van der Waals surface area contributed by atoms with Crippen LogP contribution in [0.25, 0.3) is 0 Å². The molecule has 1 rings (SSSR count). The third-order valence-corrected chi connectivity index (χ3v) is 2.06. The van der Waals surface area contributed by atoms with E-state index in [1.54, 1.807) is 0 Å². The number of alkyl halides is 3. The number of hydrogen-bond donors (Lipinski definition) is 0. The van der Waals surface area contributed by atoms with Crippen molar-refractivity contribution in [2.24, 2.45) is 0 Å². The third kappa shape index (κ3) is 3.94. The second kappa shape index (κ2) is 6.24. The topological polar surface area (TPSA) is 101 Å². The van der Waals surface area contributed by atoms with Crippen LogP contribution in [0.4, 0.5) is 18.9 Å². The van der Waals surface area contributed by atoms with Crippen LogP contribution in [-0.2, 0) is 4.74 Å². The number of aromatic nitrogens is 1. The number of halogens is 3. The first-order chi connectivity index (χ1) is 9.71. The number of hydrogen-bond acceptors (Lipinski definition) is 7. The van der Waals surface area contributed by atoms with Crippen LogP contribution >= 0.6 is 0 Å². The summed E-state index contributed by atoms with van der Waals surface area (Å²) in [7, 11) is 0.944. The van der Waals surface area contributed by atoms with Crippen molar-refractivity contribution in [1.82, 2.24) is 4.98 Å². The van der Waals surface area contributed by atoms with Crippen molar-refractivity contribution in [1.29, 1.82) is 0 Å². The number of ether oxygens (including phenoxy) is 3. The minimum absolute atomic E-state index is 0.128. The first-order valence-electron chi connectivity index (χ1n) is 5.35. The van der Waals surface area contributed by atoms with E-state index in [0.717, 1.165) is 7.11 Å². The van der Waals surface area contributed by atoms with Gasteiger partial charge in [0.25, 0.3) is 11.6 Å². The molecule has 0 aliphatic carbocycles. The van der Waals surface area contributed by atoms with Gasteiger partial charge >= 0.3 is 18.0 Å². The lowest BCUT2D eigenvalue weighted by Crippen LogP contribution is -2.20. The molecule has 0 radical (unpaired) electrons. The Morgan fingerprint density at radius 3 is 2.52 bits per heavy atom. The molecule has 8 nitrogen and oxygen atoms in total. The van der Waals surface area contributed by atoms with Crippen LogP contribution in [0.5, 0.6) is 11.6 Å². The fraction of sp³-hybridized carbons (Fsp3) is 0.400. The van der Waals surface area contributed by atoms with E-state index >= 15 is 0 Å². The summed E-state index contributed by atoms with van der Waals surface area (Å²) in [6.07, 6.45) is -4.55. The molecule has 0 saturated carbocycles. The zero-order valence-corrected chi connectivity index (χ0v) is 10.8. The highest BCUT2D eigenvalue weighted by Gasteiger charge is 2.40. The molecule has 0 atom stereocenters. The molecule has 1 heterocycles. The van der Waals surface area contributed by atoms with Gasteiger partial charge in [-0.3, -0.25) is 10.1 Å². The average Bonchev–Trinajstić information content (AvgIpc) is 2.36. The summed E-state index contributed by atoms with van der Waals surface area (Å²) in [5.74, 6) is -3.31. The van der Waals surface area contributed by atoms with E-state index in [-0.39, 0.29) is 6.61 Å². The number of pyridine rings is 1. The van der Waals surface area contributed by atoms with Crippen molar-refractivity contribution in [2.45, 2.75) is 13.3 Å². The van der Waals surface area contributed by atoms with E-state index in [4.69, 9.17) is 0 Å². The Bertz CT molecular complexity index is 560. The van der Waals surface area contributed by atoms with Gasteiger partial charge in [0, 0.05) is 0 Å². The number of methoxy groups -OCH3 is 1. The van der Waals surface area contributed by atoms with E-state index in [1.807, 2.05) is 0 Å². The molecule has 0 fully saturated rings. The summed E-state index contributed by atoms with van der Waals surface area (Å²) in [5, 5.41) is 11.0. The third-order valence-electron chi connectivity index (χ3n) is 2.06. The molecule has 1 aromatic heterocycles. The van der Waals surface area contributed by atoms with Crippen LogP contribution in [-0.4, -0.2) is 36.0 Å². The molecule has 1 aromatic rings. The van der Waals surface area contributed by atoms with E-state index in [0.29, 0.717) is 6.20 Å². The standard InChI is InChI=1S/C10H9F3N2O6/c1-3-20-9(16)5-4-14-8(19-2)7(6(5)15(17)18)21-10(11,12)13/h4H,3H2,1-2H3. The molecule has 0 saturated heterocycles. The van der Waals surface area contributed by atoms with E-state index in [9.17, 15) is 28.1 Å². The minimum Gasteiger partial charge on any atom is -0.478 e. The maximum Gasteiger partial charge on any atom is 0.573 e. The molecular weight excluding hydrogens is 301 g/mol. The lowest BCUT2D eigenvalue weighted by molar-refractivity contribution is -0.389. The van der Waals surface area contributed by atoms with Gasteiger partial charge in [0.15, 0.2) is 5.56 Å². The fourth-order valence-corrected chi connectivity index (χ4v) is 1.36. The van der Waals surface area contributed by atoms with Gasteiger partial charge in [-0.1, -0.05) is 0 Å². The molecule has 21 heavy (non-hydrogen) atoms. The second-order valence-electron chi connectivity index (χ2n) is 3.38. The minimum atomic E-state index is -5.23. The highest BCUT2D eigenvalue weighted by atomic mass is 19.4. The van der Waals surface area contributed by atoms with Gasteiger partial charge in [0.1, 0.15) is 0 Å². The number of carbonyl (C=O) groups excluding carboxylic acids is 1. The summed E-state index contributed by atoms with van der Waals surface area (Å²) in [6, 6.07) is 0. The van der Waals surface area contributed by atoms with Gasteiger partial charge in [-0.25, -0.2) is 9.78 Å². The van der Waals surface area contributed by atoms with Gasteiger partial charge in [0.05, 0.1) is 24.8 Å². The Morgan fingerprint density at radius 2 is 2.10 bits per heavy atom. The monoisotopic (exact) mass is 310 g/mol. The summed E-state index contributed by atoms with van der Waals surface area (Å²) in [5.41, 5.74) is -2.01. The largest absolute Gasteiger partial charge is 0.573 e. The maximum absolute atomic E-state index is 12.3. The number of nitro groups is 1. The Morgan fingerprint density at radius 1 is 1.48 bits per heavy atom. The molecule has 0 spiro atoms. The van der Waals surface area contributed by atoms with Gasteiger partial charge in [-0.05, 0) is 6.92 Å². The average molecular weight is 310 g/mol. The van der Waals surface area contributed by atoms with Crippen LogP contribution in [0.2, 0.25) is 0 Å². The lowest BCUT2D eigenvalue weighted by Gasteiger charge is -2.13. The number of rotatable bonds is 5. The van der Waals surface area contributed by atoms with Crippen LogP contribution in [0, 0.1) is 10.1 Å². The fourth-order valence-electron chi connectivity index (χ4n) is 1.36. The smallest absolute Gasteiger partial charge is 0.478 e. The predicted molar refractivity (Wildman–Crippen MR) is 60.1 cm³/mol. The van der Waals surface area contributed by atoms with Gasteiger partial charge < -0.3 is 14.2 Å². The Balaban J connectivity index is 3.52. The van der Waals surface area contributed by atoms with Crippen molar-refractivity contribution < 1.29 is 37.1 Å². The molecule has 11 heteroatoms. The Hall–Kier alpha value is -2.59. The first kappa shape index (κ1) is 16.5. The maximum atomic E-state index is 12.3. The zero-order chi connectivity index (χ0) is 16.2. The van der Waals surface area contributed by atoms with Gasteiger partial charge in [-0.2, -0.15) is 0 Å². The van der Waals surface area contributed by atoms with Crippen molar-refractivity contribution in [3.05, 3.63) is 21.9 Å². The molecule has 0 bridgehead atoms. The first-order valence-corrected chi connectivity index (χ1v) is 5.35. The molecule has 0 unspecified atom stereocenters. The second-order valence-corrected chi connectivity index (χ2v) is 3.38. The van der Waals surface area contributed by atoms with Crippen molar-refractivity contribution in [3.63, 3.8) is 0 Å². The van der Waals surface area contributed by atoms with Gasteiger partial charge in [-0.15, -0.1) is 13.2 Å². The summed E-state index contributed by atoms with van der Waals surface area (Å²) in [6.45, 7) is 1.30. The molecule has 0 aromatic carbocycles.